The topological polar surface area (TPSA) is 214 Å². The number of unbranched alkanes of at least 4 members (excludes halogenated alkanes) is 1. The molecule has 0 aromatic carbocycles. The smallest absolute Gasteiger partial charge is 0.327 e. The maximum Gasteiger partial charge on any atom is 0.327 e. The largest absolute Gasteiger partial charge is 0.481 e. The van der Waals surface area contributed by atoms with E-state index in [9.17, 15) is 24.0 Å². The Morgan fingerprint density at radius 2 is 1.52 bits per heavy atom. The molecular weight excluding hydrogens is 406 g/mol. The van der Waals surface area contributed by atoms with Crippen molar-refractivity contribution in [3.63, 3.8) is 0 Å². The van der Waals surface area contributed by atoms with Gasteiger partial charge in [-0.25, -0.2) is 4.79 Å². The highest BCUT2D eigenvalue weighted by atomic mass is 32.1. The number of nitrogens with two attached hydrogens (primary N) is 2. The minimum atomic E-state index is -1.46. The number of nitrogens with one attached hydrogen (secondary N) is 3. The van der Waals surface area contributed by atoms with E-state index < -0.39 is 60.2 Å². The minimum Gasteiger partial charge on any atom is -0.481 e. The van der Waals surface area contributed by atoms with Crippen LogP contribution in [0.15, 0.2) is 0 Å². The van der Waals surface area contributed by atoms with Gasteiger partial charge in [0.25, 0.3) is 0 Å². The van der Waals surface area contributed by atoms with Crippen molar-refractivity contribution in [2.24, 2.45) is 11.5 Å². The van der Waals surface area contributed by atoms with Crippen molar-refractivity contribution in [3.05, 3.63) is 0 Å². The summed E-state index contributed by atoms with van der Waals surface area (Å²) in [6.45, 7) is 1.72. The van der Waals surface area contributed by atoms with Crippen LogP contribution in [0.2, 0.25) is 0 Å². The van der Waals surface area contributed by atoms with Crippen LogP contribution < -0.4 is 27.4 Å². The summed E-state index contributed by atoms with van der Waals surface area (Å²) in [5.74, 6) is -5.25. The van der Waals surface area contributed by atoms with E-state index in [1.54, 1.807) is 0 Å². The third kappa shape index (κ3) is 10.7. The lowest BCUT2D eigenvalue weighted by Gasteiger charge is -2.22. The number of carboxylic acid groups (broad SMARTS) is 2. The number of hydrogen-bond acceptors (Lipinski definition) is 8. The van der Waals surface area contributed by atoms with E-state index in [1.807, 2.05) is 0 Å². The maximum atomic E-state index is 12.3. The van der Waals surface area contributed by atoms with E-state index in [0.717, 1.165) is 0 Å². The van der Waals surface area contributed by atoms with Crippen LogP contribution in [0.5, 0.6) is 0 Å². The normalized spacial score (nSPS) is 14.8. The fraction of sp³-hybridized carbons (Fsp3) is 0.688. The van der Waals surface area contributed by atoms with Gasteiger partial charge in [-0.15, -0.1) is 0 Å². The number of thiol groups is 1. The molecule has 0 rings (SSSR count). The number of carbonyl (C=O) groups is 5. The molecule has 0 heterocycles. The molecule has 29 heavy (non-hydrogen) atoms. The Balaban J connectivity index is 4.93. The first-order valence-corrected chi connectivity index (χ1v) is 9.58. The van der Waals surface area contributed by atoms with Gasteiger partial charge in [-0.2, -0.15) is 12.6 Å². The van der Waals surface area contributed by atoms with Gasteiger partial charge in [-0.1, -0.05) is 6.42 Å². The van der Waals surface area contributed by atoms with Crippen molar-refractivity contribution in [1.82, 2.24) is 16.0 Å². The average Bonchev–Trinajstić information content (AvgIpc) is 2.64. The third-order valence-corrected chi connectivity index (χ3v) is 4.23. The van der Waals surface area contributed by atoms with E-state index in [0.29, 0.717) is 25.8 Å². The highest BCUT2D eigenvalue weighted by molar-refractivity contribution is 7.80. The van der Waals surface area contributed by atoms with Gasteiger partial charge >= 0.3 is 11.9 Å². The average molecular weight is 436 g/mol. The van der Waals surface area contributed by atoms with E-state index in [1.165, 1.54) is 6.92 Å². The molecule has 0 fully saturated rings. The van der Waals surface area contributed by atoms with Crippen LogP contribution in [0.25, 0.3) is 0 Å². The molecule has 13 heteroatoms. The fourth-order valence-corrected chi connectivity index (χ4v) is 2.41. The standard InChI is InChI=1S/C16H29N5O7S/c1-8(13(24)21-11(7-29)16(27)28)19-15(26)10(6-12(22)23)20-14(25)9(18)4-2-3-5-17/h8-11,29H,2-7,17-18H2,1H3,(H,19,26)(H,20,25)(H,21,24)(H,22,23)(H,27,28). The van der Waals surface area contributed by atoms with Crippen molar-refractivity contribution in [3.8, 4) is 0 Å². The molecule has 0 aliphatic heterocycles. The van der Waals surface area contributed by atoms with Gasteiger partial charge in [0.1, 0.15) is 18.1 Å². The summed E-state index contributed by atoms with van der Waals surface area (Å²) in [5.41, 5.74) is 11.1. The lowest BCUT2D eigenvalue weighted by atomic mass is 10.1. The van der Waals surface area contributed by atoms with Crippen molar-refractivity contribution in [2.75, 3.05) is 12.3 Å². The van der Waals surface area contributed by atoms with Crippen LogP contribution in [0.4, 0.5) is 0 Å². The quantitative estimate of drug-likeness (QED) is 0.106. The summed E-state index contributed by atoms with van der Waals surface area (Å²) in [4.78, 5) is 58.4. The number of hydrogen-bond donors (Lipinski definition) is 8. The monoisotopic (exact) mass is 435 g/mol. The number of amides is 3. The zero-order chi connectivity index (χ0) is 22.6. The molecule has 4 unspecified atom stereocenters. The lowest BCUT2D eigenvalue weighted by molar-refractivity contribution is -0.142. The van der Waals surface area contributed by atoms with Gasteiger partial charge in [-0.05, 0) is 26.3 Å². The molecule has 0 spiro atoms. The third-order valence-electron chi connectivity index (χ3n) is 3.87. The molecule has 12 nitrogen and oxygen atoms in total. The number of carbonyl (C=O) groups excluding carboxylic acids is 3. The number of aliphatic carboxylic acids is 2. The lowest BCUT2D eigenvalue weighted by Crippen LogP contribution is -2.56. The van der Waals surface area contributed by atoms with Crippen molar-refractivity contribution in [2.45, 2.75) is 56.8 Å². The van der Waals surface area contributed by atoms with Crippen LogP contribution in [0.1, 0.15) is 32.6 Å². The summed E-state index contributed by atoms with van der Waals surface area (Å²) < 4.78 is 0. The second kappa shape index (κ2) is 13.7. The Kier molecular flexibility index (Phi) is 12.6. The SMILES string of the molecule is CC(NC(=O)C(CC(=O)O)NC(=O)C(N)CCCCN)C(=O)NC(CS)C(=O)O. The van der Waals surface area contributed by atoms with Gasteiger partial charge in [0.2, 0.25) is 17.7 Å². The van der Waals surface area contributed by atoms with Crippen molar-refractivity contribution >= 4 is 42.3 Å². The summed E-state index contributed by atoms with van der Waals surface area (Å²) in [5, 5.41) is 24.6. The van der Waals surface area contributed by atoms with Gasteiger partial charge in [0.15, 0.2) is 0 Å². The predicted molar refractivity (Wildman–Crippen MR) is 106 cm³/mol. The van der Waals surface area contributed by atoms with Crippen LogP contribution in [-0.4, -0.2) is 76.3 Å². The first kappa shape index (κ1) is 26.6. The second-order valence-electron chi connectivity index (χ2n) is 6.36. The Hall–Kier alpha value is -2.38. The zero-order valence-corrected chi connectivity index (χ0v) is 17.0. The molecule has 0 bridgehead atoms. The summed E-state index contributed by atoms with van der Waals surface area (Å²) in [6.07, 6.45) is 0.837. The van der Waals surface area contributed by atoms with Gasteiger partial charge in [0.05, 0.1) is 12.5 Å². The second-order valence-corrected chi connectivity index (χ2v) is 6.73. The summed E-state index contributed by atoms with van der Waals surface area (Å²) >= 11 is 3.81. The molecule has 0 aliphatic carbocycles. The molecular formula is C16H29N5O7S. The molecule has 0 aliphatic rings. The van der Waals surface area contributed by atoms with Crippen molar-refractivity contribution < 1.29 is 34.2 Å². The van der Waals surface area contributed by atoms with Gasteiger partial charge in [0, 0.05) is 5.75 Å². The number of rotatable bonds is 14. The molecule has 0 radical (unpaired) electrons. The van der Waals surface area contributed by atoms with E-state index >= 15 is 0 Å². The maximum absolute atomic E-state index is 12.3. The fourth-order valence-electron chi connectivity index (χ4n) is 2.16. The highest BCUT2D eigenvalue weighted by Gasteiger charge is 2.29. The summed E-state index contributed by atoms with van der Waals surface area (Å²) in [6, 6.07) is -4.85. The highest BCUT2D eigenvalue weighted by Crippen LogP contribution is 2.01. The Morgan fingerprint density at radius 3 is 2.00 bits per heavy atom. The first-order chi connectivity index (χ1) is 13.5. The molecule has 0 aromatic heterocycles. The van der Waals surface area contributed by atoms with Crippen molar-refractivity contribution in [1.29, 1.82) is 0 Å². The van der Waals surface area contributed by atoms with Gasteiger partial charge < -0.3 is 37.6 Å². The molecule has 9 N–H and O–H groups in total. The Morgan fingerprint density at radius 1 is 0.931 bits per heavy atom. The molecule has 0 saturated heterocycles. The summed E-state index contributed by atoms with van der Waals surface area (Å²) in [7, 11) is 0. The molecule has 166 valence electrons. The van der Waals surface area contributed by atoms with Crippen LogP contribution >= 0.6 is 12.6 Å². The molecule has 0 aromatic rings. The van der Waals surface area contributed by atoms with Crippen LogP contribution in [0.3, 0.4) is 0 Å². The molecule has 4 atom stereocenters. The van der Waals surface area contributed by atoms with E-state index in [4.69, 9.17) is 21.7 Å². The number of carboxylic acids is 2. The van der Waals surface area contributed by atoms with Gasteiger partial charge in [-0.3, -0.25) is 19.2 Å². The zero-order valence-electron chi connectivity index (χ0n) is 16.1. The van der Waals surface area contributed by atoms with E-state index in [2.05, 4.69) is 28.6 Å². The first-order valence-electron chi connectivity index (χ1n) is 8.95. The predicted octanol–water partition coefficient (Wildman–Crippen LogP) is -2.59. The van der Waals surface area contributed by atoms with Crippen LogP contribution in [-0.2, 0) is 24.0 Å². The molecule has 3 amide bonds. The molecule has 0 saturated carbocycles. The van der Waals surface area contributed by atoms with Crippen LogP contribution in [0, 0.1) is 0 Å². The Bertz CT molecular complexity index is 604. The minimum absolute atomic E-state index is 0.165. The van der Waals surface area contributed by atoms with E-state index in [-0.39, 0.29) is 5.75 Å². The Labute approximate surface area is 173 Å².